The molecule has 1 amide bonds. The van der Waals surface area contributed by atoms with Crippen LogP contribution >= 0.6 is 11.6 Å². The molecule has 2 aromatic carbocycles. The summed E-state index contributed by atoms with van der Waals surface area (Å²) in [4.78, 5) is 11.0. The Labute approximate surface area is 125 Å². The van der Waals surface area contributed by atoms with Crippen LogP contribution in [0.4, 0.5) is 5.69 Å². The summed E-state index contributed by atoms with van der Waals surface area (Å²) in [5, 5.41) is 17.1. The van der Waals surface area contributed by atoms with Gasteiger partial charge in [0.1, 0.15) is 16.5 Å². The van der Waals surface area contributed by atoms with Crippen LogP contribution in [-0.2, 0) is 4.79 Å². The number of aromatic hydroxyl groups is 1. The Hall–Kier alpha value is -2.53. The second kappa shape index (κ2) is 5.10. The molecule has 0 spiro atoms. The van der Waals surface area contributed by atoms with Crippen molar-refractivity contribution in [2.45, 2.75) is 6.92 Å². The Morgan fingerprint density at radius 3 is 2.62 bits per heavy atom. The van der Waals surface area contributed by atoms with E-state index >= 15 is 0 Å². The van der Waals surface area contributed by atoms with Gasteiger partial charge in [0.2, 0.25) is 5.91 Å². The Morgan fingerprint density at radius 2 is 1.95 bits per heavy atom. The van der Waals surface area contributed by atoms with Crippen molar-refractivity contribution in [2.24, 2.45) is 0 Å². The first-order chi connectivity index (χ1) is 10.1. The van der Waals surface area contributed by atoms with Gasteiger partial charge in [-0.05, 0) is 24.3 Å². The fourth-order valence-electron chi connectivity index (χ4n) is 2.08. The molecular formula is C15H11ClN2O3. The number of nitrogens with zero attached hydrogens (tertiary/aromatic N) is 1. The molecule has 1 heterocycles. The Bertz CT molecular complexity index is 825. The van der Waals surface area contributed by atoms with Gasteiger partial charge in [0, 0.05) is 18.2 Å². The number of nitrogens with one attached hydrogen (secondary N) is 1. The minimum Gasteiger partial charge on any atom is -0.506 e. The molecule has 6 heteroatoms. The van der Waals surface area contributed by atoms with Crippen LogP contribution in [0, 0.1) is 0 Å². The fraction of sp³-hybridized carbons (Fsp3) is 0.0667. The van der Waals surface area contributed by atoms with Gasteiger partial charge < -0.3 is 14.9 Å². The highest BCUT2D eigenvalue weighted by Crippen LogP contribution is 2.36. The second-order valence-corrected chi connectivity index (χ2v) is 4.94. The van der Waals surface area contributed by atoms with Gasteiger partial charge in [-0.1, -0.05) is 28.9 Å². The lowest BCUT2D eigenvalue weighted by Crippen LogP contribution is -2.05. The van der Waals surface area contributed by atoms with Crippen molar-refractivity contribution in [3.63, 3.8) is 0 Å². The first kappa shape index (κ1) is 13.5. The quantitative estimate of drug-likeness (QED) is 0.754. The maximum Gasteiger partial charge on any atom is 0.221 e. The number of fused-ring (bicyclic) bond motifs is 1. The largest absolute Gasteiger partial charge is 0.506 e. The molecule has 106 valence electrons. The average molecular weight is 303 g/mol. The number of carbonyl (C=O) groups excluding carboxylic acids is 1. The Morgan fingerprint density at radius 1 is 1.24 bits per heavy atom. The van der Waals surface area contributed by atoms with Crippen molar-refractivity contribution in [1.29, 1.82) is 0 Å². The number of amides is 1. The van der Waals surface area contributed by atoms with Gasteiger partial charge in [-0.2, -0.15) is 0 Å². The number of phenolic OH excluding ortho intramolecular Hbond substituents is 1. The first-order valence-corrected chi connectivity index (χ1v) is 6.59. The summed E-state index contributed by atoms with van der Waals surface area (Å²) in [6.07, 6.45) is 0. The van der Waals surface area contributed by atoms with E-state index in [1.165, 1.54) is 13.0 Å². The van der Waals surface area contributed by atoms with Crippen LogP contribution in [0.2, 0.25) is 5.02 Å². The number of phenols is 1. The zero-order valence-corrected chi connectivity index (χ0v) is 11.8. The molecular weight excluding hydrogens is 292 g/mol. The van der Waals surface area contributed by atoms with Gasteiger partial charge in [0.15, 0.2) is 5.58 Å². The van der Waals surface area contributed by atoms with Gasteiger partial charge in [-0.3, -0.25) is 4.79 Å². The van der Waals surface area contributed by atoms with Gasteiger partial charge >= 0.3 is 0 Å². The fourth-order valence-corrected chi connectivity index (χ4v) is 2.28. The number of hydrogen-bond donors (Lipinski definition) is 2. The first-order valence-electron chi connectivity index (χ1n) is 6.21. The third-order valence-corrected chi connectivity index (χ3v) is 3.40. The number of benzene rings is 2. The van der Waals surface area contributed by atoms with Crippen molar-refractivity contribution in [1.82, 2.24) is 5.16 Å². The molecule has 0 radical (unpaired) electrons. The molecule has 3 aromatic rings. The van der Waals surface area contributed by atoms with Crippen molar-refractivity contribution < 1.29 is 14.4 Å². The van der Waals surface area contributed by atoms with E-state index in [9.17, 15) is 9.90 Å². The molecule has 0 aliphatic heterocycles. The number of hydrogen-bond acceptors (Lipinski definition) is 4. The van der Waals surface area contributed by atoms with Crippen LogP contribution in [0.25, 0.3) is 22.2 Å². The summed E-state index contributed by atoms with van der Waals surface area (Å²) in [6, 6.07) is 10.4. The minimum absolute atomic E-state index is 0.0483. The van der Waals surface area contributed by atoms with Crippen LogP contribution in [-0.4, -0.2) is 16.2 Å². The molecule has 5 nitrogen and oxygen atoms in total. The summed E-state index contributed by atoms with van der Waals surface area (Å²) >= 11 is 5.98. The van der Waals surface area contributed by atoms with Crippen LogP contribution in [0.3, 0.4) is 0 Å². The normalized spacial score (nSPS) is 10.8. The number of anilines is 1. The third-order valence-electron chi connectivity index (χ3n) is 3.04. The van der Waals surface area contributed by atoms with Crippen molar-refractivity contribution in [3.8, 4) is 17.0 Å². The van der Waals surface area contributed by atoms with E-state index in [2.05, 4.69) is 10.5 Å². The summed E-state index contributed by atoms with van der Waals surface area (Å²) in [5.74, 6) is -0.176. The monoisotopic (exact) mass is 302 g/mol. The summed E-state index contributed by atoms with van der Waals surface area (Å²) in [7, 11) is 0. The predicted octanol–water partition coefficient (Wildman–Crippen LogP) is 3.81. The number of carbonyl (C=O) groups is 1. The van der Waals surface area contributed by atoms with Gasteiger partial charge in [0.25, 0.3) is 0 Å². The highest BCUT2D eigenvalue weighted by atomic mass is 35.5. The molecule has 0 bridgehead atoms. The van der Waals surface area contributed by atoms with Crippen molar-refractivity contribution in [2.75, 3.05) is 5.32 Å². The predicted molar refractivity (Wildman–Crippen MR) is 80.4 cm³/mol. The van der Waals surface area contributed by atoms with Crippen LogP contribution in [0.5, 0.6) is 5.75 Å². The van der Waals surface area contributed by atoms with Crippen LogP contribution < -0.4 is 5.32 Å². The molecule has 0 atom stereocenters. The third kappa shape index (κ3) is 2.43. The SMILES string of the molecule is CC(=O)Nc1ccc(-c2noc3c(Cl)c(O)ccc23)cc1. The van der Waals surface area contributed by atoms with Crippen LogP contribution in [0.1, 0.15) is 6.92 Å². The molecule has 3 rings (SSSR count). The lowest BCUT2D eigenvalue weighted by atomic mass is 10.1. The van der Waals surface area contributed by atoms with Gasteiger partial charge in [-0.15, -0.1) is 0 Å². The second-order valence-electron chi connectivity index (χ2n) is 4.57. The molecule has 0 unspecified atom stereocenters. The zero-order chi connectivity index (χ0) is 15.0. The Kier molecular flexibility index (Phi) is 3.27. The van der Waals surface area contributed by atoms with E-state index in [0.29, 0.717) is 22.4 Å². The van der Waals surface area contributed by atoms with Crippen LogP contribution in [0.15, 0.2) is 40.9 Å². The van der Waals surface area contributed by atoms with E-state index < -0.39 is 0 Å². The minimum atomic E-state index is -0.128. The number of aromatic nitrogens is 1. The highest BCUT2D eigenvalue weighted by molar-refractivity contribution is 6.36. The van der Waals surface area contributed by atoms with Gasteiger partial charge in [-0.25, -0.2) is 0 Å². The average Bonchev–Trinajstić information content (AvgIpc) is 2.88. The van der Waals surface area contributed by atoms with Crippen molar-refractivity contribution in [3.05, 3.63) is 41.4 Å². The maximum absolute atomic E-state index is 11.0. The summed E-state index contributed by atoms with van der Waals surface area (Å²) in [5.41, 5.74) is 2.50. The van der Waals surface area contributed by atoms with E-state index in [-0.39, 0.29) is 16.7 Å². The Balaban J connectivity index is 2.04. The standard InChI is InChI=1S/C15H11ClN2O3/c1-8(19)17-10-4-2-9(3-5-10)14-11-6-7-12(20)13(16)15(11)21-18-14/h2-7,20H,1H3,(H,17,19). The molecule has 2 N–H and O–H groups in total. The topological polar surface area (TPSA) is 75.4 Å². The zero-order valence-electron chi connectivity index (χ0n) is 11.1. The molecule has 21 heavy (non-hydrogen) atoms. The van der Waals surface area contributed by atoms with E-state index in [0.717, 1.165) is 5.56 Å². The lowest BCUT2D eigenvalue weighted by Gasteiger charge is -2.03. The van der Waals surface area contributed by atoms with Crippen molar-refractivity contribution >= 4 is 34.2 Å². The van der Waals surface area contributed by atoms with E-state index in [1.807, 2.05) is 12.1 Å². The summed E-state index contributed by atoms with van der Waals surface area (Å²) in [6.45, 7) is 1.45. The molecule has 0 saturated heterocycles. The lowest BCUT2D eigenvalue weighted by molar-refractivity contribution is -0.114. The molecule has 0 saturated carbocycles. The molecule has 0 fully saturated rings. The molecule has 1 aromatic heterocycles. The maximum atomic E-state index is 11.0. The number of halogens is 1. The molecule has 0 aliphatic rings. The number of rotatable bonds is 2. The summed E-state index contributed by atoms with van der Waals surface area (Å²) < 4.78 is 5.20. The highest BCUT2D eigenvalue weighted by Gasteiger charge is 2.15. The van der Waals surface area contributed by atoms with Gasteiger partial charge in [0.05, 0.1) is 5.39 Å². The molecule has 0 aliphatic carbocycles. The van der Waals surface area contributed by atoms with E-state index in [4.69, 9.17) is 16.1 Å². The van der Waals surface area contributed by atoms with E-state index in [1.54, 1.807) is 18.2 Å². The smallest absolute Gasteiger partial charge is 0.221 e.